The van der Waals surface area contributed by atoms with Gasteiger partial charge in [0.1, 0.15) is 17.5 Å². The number of nitrogens with one attached hydrogen (secondary N) is 4. The van der Waals surface area contributed by atoms with Crippen LogP contribution in [0.4, 0.5) is 25.8 Å². The van der Waals surface area contributed by atoms with Crippen LogP contribution in [0.1, 0.15) is 17.3 Å². The molecule has 0 aliphatic heterocycles. The van der Waals surface area contributed by atoms with E-state index in [2.05, 4.69) is 25.3 Å². The van der Waals surface area contributed by atoms with Gasteiger partial charge in [0.25, 0.3) is 5.91 Å². The van der Waals surface area contributed by atoms with Crippen LogP contribution in [0, 0.1) is 11.6 Å². The van der Waals surface area contributed by atoms with Crippen LogP contribution in [0.15, 0.2) is 54.6 Å². The van der Waals surface area contributed by atoms with Gasteiger partial charge < -0.3 is 15.6 Å². The lowest BCUT2D eigenvalue weighted by atomic mass is 10.1. The van der Waals surface area contributed by atoms with E-state index in [0.717, 1.165) is 24.5 Å². The van der Waals surface area contributed by atoms with Gasteiger partial charge in [-0.3, -0.25) is 14.3 Å². The highest BCUT2D eigenvalue weighted by atomic mass is 32.2. The van der Waals surface area contributed by atoms with Crippen LogP contribution in [-0.4, -0.2) is 36.5 Å². The summed E-state index contributed by atoms with van der Waals surface area (Å²) in [5.74, 6) is -2.17. The third-order valence-electron chi connectivity index (χ3n) is 4.80. The Kier molecular flexibility index (Phi) is 6.22. The molecule has 0 radical (unpaired) electrons. The predicted molar refractivity (Wildman–Crippen MR) is 129 cm³/mol. The molecule has 4 rings (SSSR count). The quantitative estimate of drug-likeness (QED) is 0.317. The molecule has 0 saturated heterocycles. The zero-order valence-electron chi connectivity index (χ0n) is 18.4. The number of halogens is 2. The Morgan fingerprint density at radius 3 is 2.37 bits per heavy atom. The Morgan fingerprint density at radius 2 is 1.66 bits per heavy atom. The maximum Gasteiger partial charge on any atom is 0.257 e. The second-order valence-corrected chi connectivity index (χ2v) is 9.46. The third kappa shape index (κ3) is 5.61. The first kappa shape index (κ1) is 23.8. The van der Waals surface area contributed by atoms with Gasteiger partial charge in [0.2, 0.25) is 15.9 Å². The zero-order chi connectivity index (χ0) is 25.3. The maximum atomic E-state index is 14.1. The van der Waals surface area contributed by atoms with Gasteiger partial charge in [0, 0.05) is 18.3 Å². The van der Waals surface area contributed by atoms with Gasteiger partial charge in [-0.05, 0) is 54.6 Å². The van der Waals surface area contributed by atoms with Crippen LogP contribution in [-0.2, 0) is 14.8 Å². The number of fused-ring (bicyclic) bond motifs is 1. The van der Waals surface area contributed by atoms with E-state index in [-0.39, 0.29) is 28.5 Å². The summed E-state index contributed by atoms with van der Waals surface area (Å²) in [7, 11) is -3.69. The fourth-order valence-corrected chi connectivity index (χ4v) is 3.97. The summed E-state index contributed by atoms with van der Waals surface area (Å²) >= 11 is 0. The van der Waals surface area contributed by atoms with Crippen molar-refractivity contribution in [2.75, 3.05) is 21.6 Å². The second kappa shape index (κ2) is 9.14. The maximum absolute atomic E-state index is 14.1. The molecule has 0 aliphatic rings. The second-order valence-electron chi connectivity index (χ2n) is 7.71. The lowest BCUT2D eigenvalue weighted by Gasteiger charge is -2.13. The van der Waals surface area contributed by atoms with Gasteiger partial charge in [-0.25, -0.2) is 22.2 Å². The van der Waals surface area contributed by atoms with Crippen LogP contribution in [0.5, 0.6) is 0 Å². The van der Waals surface area contributed by atoms with Crippen LogP contribution in [0.25, 0.3) is 22.4 Å². The van der Waals surface area contributed by atoms with Crippen molar-refractivity contribution in [3.05, 3.63) is 71.8 Å². The first-order chi connectivity index (χ1) is 16.5. The number of H-pyrrole nitrogens is 1. The number of sulfonamides is 1. The number of imidazole rings is 1. The molecular weight excluding hydrogens is 480 g/mol. The number of aromatic amines is 1. The largest absolute Gasteiger partial charge is 0.338 e. The van der Waals surface area contributed by atoms with Gasteiger partial charge in [-0.1, -0.05) is 0 Å². The molecule has 4 aromatic rings. The minimum absolute atomic E-state index is 0.0191. The summed E-state index contributed by atoms with van der Waals surface area (Å²) in [4.78, 5) is 31.6. The summed E-state index contributed by atoms with van der Waals surface area (Å²) in [5, 5.41) is 5.20. The minimum Gasteiger partial charge on any atom is -0.338 e. The van der Waals surface area contributed by atoms with E-state index in [0.29, 0.717) is 22.4 Å². The zero-order valence-corrected chi connectivity index (χ0v) is 19.3. The first-order valence-electron chi connectivity index (χ1n) is 10.1. The van der Waals surface area contributed by atoms with Crippen molar-refractivity contribution in [2.24, 2.45) is 0 Å². The van der Waals surface area contributed by atoms with Gasteiger partial charge in [-0.15, -0.1) is 0 Å². The van der Waals surface area contributed by atoms with Gasteiger partial charge in [0.15, 0.2) is 0 Å². The molecule has 1 aromatic heterocycles. The van der Waals surface area contributed by atoms with E-state index in [1.807, 2.05) is 0 Å². The average molecular weight is 499 g/mol. The van der Waals surface area contributed by atoms with E-state index in [9.17, 15) is 26.8 Å². The molecule has 35 heavy (non-hydrogen) atoms. The average Bonchev–Trinajstić information content (AvgIpc) is 3.18. The topological polar surface area (TPSA) is 133 Å². The van der Waals surface area contributed by atoms with Crippen molar-refractivity contribution in [2.45, 2.75) is 6.92 Å². The fourth-order valence-electron chi connectivity index (χ4n) is 3.39. The SMILES string of the molecule is CC(=O)Nc1ccc(NS(C)(=O)=O)c(C(=O)Nc2ccc3nc(-c4cc(F)ccc4F)[nH]c3c2)c1. The fraction of sp³-hybridized carbons (Fsp3) is 0.0870. The highest BCUT2D eigenvalue weighted by Crippen LogP contribution is 2.27. The summed E-state index contributed by atoms with van der Waals surface area (Å²) in [6, 6.07) is 11.8. The van der Waals surface area contributed by atoms with Gasteiger partial charge >= 0.3 is 0 Å². The van der Waals surface area contributed by atoms with E-state index < -0.39 is 27.6 Å². The molecule has 12 heteroatoms. The van der Waals surface area contributed by atoms with Crippen molar-refractivity contribution < 1.29 is 26.8 Å². The summed E-state index contributed by atoms with van der Waals surface area (Å²) in [5.41, 5.74) is 1.47. The molecule has 0 bridgehead atoms. The van der Waals surface area contributed by atoms with Gasteiger partial charge in [-0.2, -0.15) is 0 Å². The number of rotatable bonds is 6. The molecule has 4 N–H and O–H groups in total. The van der Waals surface area contributed by atoms with E-state index in [4.69, 9.17) is 0 Å². The summed E-state index contributed by atoms with van der Waals surface area (Å²) in [6.07, 6.45) is 0.946. The normalized spacial score (nSPS) is 11.3. The molecule has 2 amide bonds. The number of hydrogen-bond acceptors (Lipinski definition) is 5. The third-order valence-corrected chi connectivity index (χ3v) is 5.39. The molecule has 9 nitrogen and oxygen atoms in total. The van der Waals surface area contributed by atoms with Crippen molar-refractivity contribution in [3.8, 4) is 11.4 Å². The van der Waals surface area contributed by atoms with Crippen LogP contribution >= 0.6 is 0 Å². The molecule has 180 valence electrons. The van der Waals surface area contributed by atoms with E-state index in [1.54, 1.807) is 18.2 Å². The Hall–Kier alpha value is -4.32. The number of benzene rings is 3. The lowest BCUT2D eigenvalue weighted by Crippen LogP contribution is -2.18. The number of amides is 2. The van der Waals surface area contributed by atoms with E-state index >= 15 is 0 Å². The predicted octanol–water partition coefficient (Wildman–Crippen LogP) is 4.09. The van der Waals surface area contributed by atoms with Crippen molar-refractivity contribution in [3.63, 3.8) is 0 Å². The Labute approximate surface area is 198 Å². The number of aromatic nitrogens is 2. The number of anilines is 3. The molecule has 0 atom stereocenters. The Morgan fingerprint density at radius 1 is 0.943 bits per heavy atom. The summed E-state index contributed by atoms with van der Waals surface area (Å²) in [6.45, 7) is 1.30. The first-order valence-corrected chi connectivity index (χ1v) is 12.0. The Bertz CT molecular complexity index is 1580. The highest BCUT2D eigenvalue weighted by Gasteiger charge is 2.17. The van der Waals surface area contributed by atoms with Crippen molar-refractivity contribution in [1.29, 1.82) is 0 Å². The molecule has 0 fully saturated rings. The highest BCUT2D eigenvalue weighted by molar-refractivity contribution is 7.92. The molecule has 0 aliphatic carbocycles. The molecule has 3 aromatic carbocycles. The summed E-state index contributed by atoms with van der Waals surface area (Å²) < 4.78 is 53.4. The van der Waals surface area contributed by atoms with Crippen molar-refractivity contribution >= 4 is 49.9 Å². The molecule has 1 heterocycles. The van der Waals surface area contributed by atoms with Crippen LogP contribution in [0.3, 0.4) is 0 Å². The number of hydrogen-bond donors (Lipinski definition) is 4. The van der Waals surface area contributed by atoms with Gasteiger partial charge in [0.05, 0.1) is 34.1 Å². The number of nitrogens with zero attached hydrogens (tertiary/aromatic N) is 1. The molecular formula is C23H19F2N5O4S. The minimum atomic E-state index is -3.69. The molecule has 0 unspecified atom stereocenters. The lowest BCUT2D eigenvalue weighted by molar-refractivity contribution is -0.114. The smallest absolute Gasteiger partial charge is 0.257 e. The number of carbonyl (C=O) groups excluding carboxylic acids is 2. The van der Waals surface area contributed by atoms with Crippen LogP contribution in [0.2, 0.25) is 0 Å². The standard InChI is InChI=1S/C23H19F2N5O4S/c1-12(31)26-14-4-7-19(30-35(2,33)34)17(10-14)23(32)27-15-5-8-20-21(11-15)29-22(28-20)16-9-13(24)3-6-18(16)25/h3-11,30H,1-2H3,(H,26,31)(H,27,32)(H,28,29). The monoisotopic (exact) mass is 499 g/mol. The molecule has 0 saturated carbocycles. The van der Waals surface area contributed by atoms with Crippen LogP contribution < -0.4 is 15.4 Å². The Balaban J connectivity index is 1.66. The molecule has 0 spiro atoms. The van der Waals surface area contributed by atoms with Crippen molar-refractivity contribution in [1.82, 2.24) is 9.97 Å². The van der Waals surface area contributed by atoms with E-state index in [1.165, 1.54) is 25.1 Å². The number of carbonyl (C=O) groups is 2.